The minimum atomic E-state index is -4.04. The second-order valence-corrected chi connectivity index (χ2v) is 9.82. The summed E-state index contributed by atoms with van der Waals surface area (Å²) >= 11 is 0. The molecule has 192 valence electrons. The second-order valence-electron chi connectivity index (χ2n) is 7.82. The summed E-state index contributed by atoms with van der Waals surface area (Å²) in [4.78, 5) is 38.7. The first kappa shape index (κ1) is 26.9. The van der Waals surface area contributed by atoms with Crippen LogP contribution in [0.2, 0.25) is 0 Å². The van der Waals surface area contributed by atoms with Gasteiger partial charge in [-0.25, -0.2) is 19.4 Å². The van der Waals surface area contributed by atoms with Crippen molar-refractivity contribution >= 4 is 25.7 Å². The Hall–Kier alpha value is -2.66. The summed E-state index contributed by atoms with van der Waals surface area (Å²) in [5.41, 5.74) is -3.70. The summed E-state index contributed by atoms with van der Waals surface area (Å²) in [7, 11) is -4.04. The number of carbonyl (C=O) groups is 2. The van der Waals surface area contributed by atoms with E-state index in [1.165, 1.54) is 12.3 Å². The van der Waals surface area contributed by atoms with Gasteiger partial charge in [0.1, 0.15) is 30.9 Å². The highest BCUT2D eigenvalue weighted by Crippen LogP contribution is 2.43. The normalized spacial score (nSPS) is 27.5. The first-order valence-electron chi connectivity index (χ1n) is 10.9. The number of hydrogen-bond acceptors (Lipinski definition) is 10. The number of esters is 1. The molecule has 4 N–H and O–H groups in total. The van der Waals surface area contributed by atoms with Gasteiger partial charge in [-0.15, -0.1) is 6.42 Å². The standard InChI is InChI=1S/C20H27FN5O8P/c1-3-20(21)17(29)14(12-33-35(31,22-8-10-27)23-11-16(28)32-4-2)34-18(20)26-9-7-15(25-19(26)30)24-13-5-6-13/h1,7,9-10,13-14,17-18,29H,4-6,8,11-12H2,2H3,(H2,22,23,31)(H,24,25,30). The number of nitrogens with zero attached hydrogens (tertiary/aromatic N) is 2. The zero-order valence-electron chi connectivity index (χ0n) is 18.9. The second kappa shape index (κ2) is 11.4. The summed E-state index contributed by atoms with van der Waals surface area (Å²) in [5, 5.41) is 18.2. The van der Waals surface area contributed by atoms with Crippen molar-refractivity contribution in [3.05, 3.63) is 22.7 Å². The number of aldehydes is 1. The Kier molecular flexibility index (Phi) is 8.76. The van der Waals surface area contributed by atoms with Gasteiger partial charge < -0.3 is 29.2 Å². The number of terminal acetylenes is 1. The molecule has 0 aromatic carbocycles. The summed E-state index contributed by atoms with van der Waals surface area (Å²) in [5.74, 6) is 1.41. The maximum Gasteiger partial charge on any atom is 0.351 e. The molecule has 1 aromatic heterocycles. The monoisotopic (exact) mass is 515 g/mol. The molecule has 1 saturated heterocycles. The lowest BCUT2D eigenvalue weighted by molar-refractivity contribution is -0.141. The molecule has 1 aliphatic heterocycles. The van der Waals surface area contributed by atoms with Crippen molar-refractivity contribution in [2.45, 2.75) is 49.9 Å². The van der Waals surface area contributed by atoms with Gasteiger partial charge in [0.05, 0.1) is 19.8 Å². The van der Waals surface area contributed by atoms with Gasteiger partial charge >= 0.3 is 19.3 Å². The summed E-state index contributed by atoms with van der Waals surface area (Å²) in [6.45, 7) is 0.0818. The maximum absolute atomic E-state index is 15.6. The largest absolute Gasteiger partial charge is 0.465 e. The van der Waals surface area contributed by atoms with E-state index in [4.69, 9.17) is 20.4 Å². The molecule has 1 aromatic rings. The third-order valence-electron chi connectivity index (χ3n) is 5.22. The van der Waals surface area contributed by atoms with Crippen molar-refractivity contribution in [3.8, 4) is 12.3 Å². The van der Waals surface area contributed by atoms with Crippen LogP contribution < -0.4 is 21.2 Å². The number of ether oxygens (including phenoxy) is 2. The SMILES string of the molecule is C#CC1(F)C(O)C(COP(=O)(NCC=O)NCC(=O)OCC)OC1n1ccc(NC2CC2)nc1=O. The van der Waals surface area contributed by atoms with Gasteiger partial charge in [0.2, 0.25) is 5.67 Å². The Morgan fingerprint density at radius 2 is 2.26 bits per heavy atom. The van der Waals surface area contributed by atoms with E-state index < -0.39 is 63.1 Å². The minimum absolute atomic E-state index is 0.0907. The molecule has 2 fully saturated rings. The van der Waals surface area contributed by atoms with Crippen LogP contribution in [-0.4, -0.2) is 77.1 Å². The highest BCUT2D eigenvalue weighted by Gasteiger charge is 2.58. The lowest BCUT2D eigenvalue weighted by Gasteiger charge is -2.24. The lowest BCUT2D eigenvalue weighted by atomic mass is 9.97. The molecule has 13 nitrogen and oxygen atoms in total. The van der Waals surface area contributed by atoms with Gasteiger partial charge in [-0.3, -0.25) is 13.9 Å². The van der Waals surface area contributed by atoms with Crippen LogP contribution in [0.4, 0.5) is 10.2 Å². The number of rotatable bonds is 13. The fourth-order valence-electron chi connectivity index (χ4n) is 3.28. The quantitative estimate of drug-likeness (QED) is 0.115. The van der Waals surface area contributed by atoms with Crippen LogP contribution in [0, 0.1) is 12.3 Å². The van der Waals surface area contributed by atoms with E-state index in [-0.39, 0.29) is 12.6 Å². The van der Waals surface area contributed by atoms with Crippen molar-refractivity contribution < 1.29 is 37.6 Å². The number of anilines is 1. The molecule has 0 radical (unpaired) electrons. The van der Waals surface area contributed by atoms with Crippen LogP contribution in [0.25, 0.3) is 0 Å². The van der Waals surface area contributed by atoms with E-state index in [0.29, 0.717) is 12.1 Å². The predicted octanol–water partition coefficient (Wildman–Crippen LogP) is -0.517. The molecular weight excluding hydrogens is 488 g/mol. The predicted molar refractivity (Wildman–Crippen MR) is 120 cm³/mol. The van der Waals surface area contributed by atoms with Gasteiger partial charge in [-0.1, -0.05) is 5.92 Å². The highest BCUT2D eigenvalue weighted by atomic mass is 31.2. The molecule has 15 heteroatoms. The zero-order chi connectivity index (χ0) is 25.6. The zero-order valence-corrected chi connectivity index (χ0v) is 19.8. The Labute approximate surface area is 200 Å². The van der Waals surface area contributed by atoms with E-state index in [0.717, 1.165) is 17.4 Å². The number of alkyl halides is 1. The average molecular weight is 515 g/mol. The minimum Gasteiger partial charge on any atom is -0.465 e. The summed E-state index contributed by atoms with van der Waals surface area (Å²) in [6.07, 6.45) is 3.70. The third kappa shape index (κ3) is 6.52. The van der Waals surface area contributed by atoms with E-state index in [1.54, 1.807) is 6.92 Å². The molecule has 35 heavy (non-hydrogen) atoms. The first-order valence-corrected chi connectivity index (χ1v) is 12.5. The van der Waals surface area contributed by atoms with Crippen LogP contribution in [0.1, 0.15) is 26.0 Å². The third-order valence-corrected chi connectivity index (χ3v) is 6.91. The molecular formula is C20H27FN5O8P. The summed E-state index contributed by atoms with van der Waals surface area (Å²) in [6, 6.07) is 1.68. The Balaban J connectivity index is 1.73. The molecule has 0 spiro atoms. The molecule has 3 rings (SSSR count). The highest BCUT2D eigenvalue weighted by molar-refractivity contribution is 7.54. The number of hydrogen-bond donors (Lipinski definition) is 4. The van der Waals surface area contributed by atoms with Crippen molar-refractivity contribution in [3.63, 3.8) is 0 Å². The molecule has 0 amide bonds. The number of aliphatic hydroxyl groups excluding tert-OH is 1. The van der Waals surface area contributed by atoms with Gasteiger partial charge in [-0.05, 0) is 25.8 Å². The maximum atomic E-state index is 15.6. The fourth-order valence-corrected chi connectivity index (χ4v) is 4.59. The Bertz CT molecular complexity index is 1080. The van der Waals surface area contributed by atoms with Crippen LogP contribution in [0.3, 0.4) is 0 Å². The van der Waals surface area contributed by atoms with Crippen LogP contribution >= 0.6 is 7.67 Å². The number of aromatic nitrogens is 2. The topological polar surface area (TPSA) is 170 Å². The fraction of sp³-hybridized carbons (Fsp3) is 0.600. The van der Waals surface area contributed by atoms with Gasteiger partial charge in [0, 0.05) is 12.2 Å². The van der Waals surface area contributed by atoms with Crippen molar-refractivity contribution in [1.29, 1.82) is 0 Å². The molecule has 2 heterocycles. The van der Waals surface area contributed by atoms with E-state index in [9.17, 15) is 24.1 Å². The van der Waals surface area contributed by atoms with E-state index in [1.807, 2.05) is 5.92 Å². The molecule has 1 aliphatic carbocycles. The molecule has 5 atom stereocenters. The van der Waals surface area contributed by atoms with Crippen LogP contribution in [-0.2, 0) is 28.2 Å². The molecule has 2 aliphatic rings. The Morgan fingerprint density at radius 3 is 2.86 bits per heavy atom. The lowest BCUT2D eigenvalue weighted by Crippen LogP contribution is -2.44. The summed E-state index contributed by atoms with van der Waals surface area (Å²) < 4.78 is 44.9. The first-order chi connectivity index (χ1) is 16.7. The van der Waals surface area contributed by atoms with Crippen molar-refractivity contribution in [2.75, 3.05) is 31.6 Å². The molecule has 0 bridgehead atoms. The van der Waals surface area contributed by atoms with E-state index in [2.05, 4.69) is 20.5 Å². The number of carbonyl (C=O) groups excluding carboxylic acids is 2. The molecule has 1 saturated carbocycles. The van der Waals surface area contributed by atoms with Crippen molar-refractivity contribution in [2.24, 2.45) is 0 Å². The van der Waals surface area contributed by atoms with E-state index >= 15 is 4.39 Å². The Morgan fingerprint density at radius 1 is 1.51 bits per heavy atom. The molecule has 5 unspecified atom stereocenters. The van der Waals surface area contributed by atoms with Gasteiger partial charge in [-0.2, -0.15) is 4.98 Å². The number of aliphatic hydroxyl groups is 1. The van der Waals surface area contributed by atoms with Crippen LogP contribution in [0.15, 0.2) is 17.1 Å². The number of halogens is 1. The average Bonchev–Trinajstić information content (AvgIpc) is 3.61. The number of nitrogens with one attached hydrogen (secondary N) is 3. The smallest absolute Gasteiger partial charge is 0.351 e. The van der Waals surface area contributed by atoms with Crippen molar-refractivity contribution in [1.82, 2.24) is 19.7 Å². The van der Waals surface area contributed by atoms with Gasteiger partial charge in [0.25, 0.3) is 0 Å². The van der Waals surface area contributed by atoms with Crippen LogP contribution in [0.5, 0.6) is 0 Å². The van der Waals surface area contributed by atoms with Gasteiger partial charge in [0.15, 0.2) is 6.23 Å².